The number of aromatic nitrogens is 1. The first-order valence-electron chi connectivity index (χ1n) is 10.2. The Hall–Kier alpha value is -4.07. The number of anilines is 3. The lowest BCUT2D eigenvalue weighted by Crippen LogP contribution is -2.36. The van der Waals surface area contributed by atoms with Gasteiger partial charge >= 0.3 is 6.09 Å². The average molecular weight is 432 g/mol. The fourth-order valence-electron chi connectivity index (χ4n) is 3.87. The van der Waals surface area contributed by atoms with Gasteiger partial charge in [-0.2, -0.15) is 0 Å². The lowest BCUT2D eigenvalue weighted by Gasteiger charge is -2.15. The second-order valence-electron chi connectivity index (χ2n) is 7.73. The maximum absolute atomic E-state index is 13.0. The molecule has 1 aliphatic carbocycles. The van der Waals surface area contributed by atoms with Crippen molar-refractivity contribution >= 4 is 29.2 Å². The van der Waals surface area contributed by atoms with Gasteiger partial charge in [0.15, 0.2) is 0 Å². The summed E-state index contributed by atoms with van der Waals surface area (Å²) in [6.07, 6.45) is 0.238. The van der Waals surface area contributed by atoms with Crippen LogP contribution in [0.5, 0.6) is 5.75 Å². The van der Waals surface area contributed by atoms with Crippen molar-refractivity contribution in [2.75, 3.05) is 17.7 Å². The summed E-state index contributed by atoms with van der Waals surface area (Å²) < 4.78 is 5.42. The predicted octanol–water partition coefficient (Wildman–Crippen LogP) is 4.13. The van der Waals surface area contributed by atoms with Crippen molar-refractivity contribution in [1.29, 1.82) is 0 Å². The molecule has 0 fully saturated rings. The van der Waals surface area contributed by atoms with Gasteiger partial charge in [0.1, 0.15) is 17.3 Å². The standard InChI is InChI=1S/C24H24N4O4/c1-14-7-8-19(21(9-14)32-2)25-18-12-20(27-22(13-18)28-24(30)31)23(29)26-17-10-15-5-3-4-6-16(15)11-17/h3-9,12-13,17H,10-11H2,1-2H3,(H,26,29)(H,30,31)(H2,25,27,28). The third-order valence-corrected chi connectivity index (χ3v) is 5.32. The van der Waals surface area contributed by atoms with Gasteiger partial charge < -0.3 is 20.5 Å². The molecule has 0 saturated heterocycles. The first-order valence-corrected chi connectivity index (χ1v) is 10.2. The van der Waals surface area contributed by atoms with Crippen molar-refractivity contribution in [3.8, 4) is 5.75 Å². The number of nitrogens with one attached hydrogen (secondary N) is 3. The lowest BCUT2D eigenvalue weighted by molar-refractivity contribution is 0.0933. The number of carbonyl (C=O) groups excluding carboxylic acids is 1. The summed E-state index contributed by atoms with van der Waals surface area (Å²) in [5.74, 6) is 0.313. The van der Waals surface area contributed by atoms with Crippen LogP contribution in [-0.2, 0) is 12.8 Å². The van der Waals surface area contributed by atoms with E-state index >= 15 is 0 Å². The second-order valence-corrected chi connectivity index (χ2v) is 7.73. The number of benzene rings is 2. The van der Waals surface area contributed by atoms with E-state index in [0.29, 0.717) is 17.1 Å². The minimum absolute atomic E-state index is 0.0357. The van der Waals surface area contributed by atoms with E-state index < -0.39 is 6.09 Å². The van der Waals surface area contributed by atoms with Crippen molar-refractivity contribution in [2.45, 2.75) is 25.8 Å². The number of pyridine rings is 1. The summed E-state index contributed by atoms with van der Waals surface area (Å²) >= 11 is 0. The topological polar surface area (TPSA) is 113 Å². The number of methoxy groups -OCH3 is 1. The van der Waals surface area contributed by atoms with Gasteiger partial charge in [0.05, 0.1) is 12.8 Å². The molecule has 2 aromatic carbocycles. The molecule has 8 nitrogen and oxygen atoms in total. The lowest BCUT2D eigenvalue weighted by atomic mass is 10.1. The van der Waals surface area contributed by atoms with Gasteiger partial charge in [-0.15, -0.1) is 0 Å². The minimum Gasteiger partial charge on any atom is -0.495 e. The summed E-state index contributed by atoms with van der Waals surface area (Å²) in [7, 11) is 1.57. The van der Waals surface area contributed by atoms with Gasteiger partial charge in [0.25, 0.3) is 5.91 Å². The monoisotopic (exact) mass is 432 g/mol. The molecular weight excluding hydrogens is 408 g/mol. The number of carboxylic acid groups (broad SMARTS) is 1. The fraction of sp³-hybridized carbons (Fsp3) is 0.208. The number of aryl methyl sites for hydroxylation is 1. The molecule has 1 aromatic heterocycles. The maximum Gasteiger partial charge on any atom is 0.410 e. The summed E-state index contributed by atoms with van der Waals surface area (Å²) in [6, 6.07) is 16.8. The van der Waals surface area contributed by atoms with E-state index in [9.17, 15) is 9.59 Å². The summed E-state index contributed by atoms with van der Waals surface area (Å²) in [5, 5.41) is 17.6. The number of amides is 2. The molecule has 3 aromatic rings. The number of hydrogen-bond acceptors (Lipinski definition) is 5. The second kappa shape index (κ2) is 8.97. The molecule has 0 saturated carbocycles. The van der Waals surface area contributed by atoms with Gasteiger partial charge in [0.2, 0.25) is 0 Å². The van der Waals surface area contributed by atoms with E-state index in [2.05, 4.69) is 33.1 Å². The number of carbonyl (C=O) groups is 2. The van der Waals surface area contributed by atoms with Crippen molar-refractivity contribution in [2.24, 2.45) is 0 Å². The van der Waals surface area contributed by atoms with Gasteiger partial charge in [0, 0.05) is 17.8 Å². The highest BCUT2D eigenvalue weighted by Crippen LogP contribution is 2.30. The highest BCUT2D eigenvalue weighted by atomic mass is 16.5. The maximum atomic E-state index is 13.0. The van der Waals surface area contributed by atoms with Crippen LogP contribution in [0.4, 0.5) is 22.0 Å². The SMILES string of the molecule is COc1cc(C)ccc1Nc1cc(NC(=O)O)nc(C(=O)NC2Cc3ccccc3C2)c1. The molecule has 2 amide bonds. The van der Waals surface area contributed by atoms with Crippen LogP contribution in [0.2, 0.25) is 0 Å². The van der Waals surface area contributed by atoms with Crippen LogP contribution in [0.15, 0.2) is 54.6 Å². The van der Waals surface area contributed by atoms with E-state index in [1.54, 1.807) is 13.2 Å². The zero-order valence-corrected chi connectivity index (χ0v) is 17.8. The van der Waals surface area contributed by atoms with Gasteiger partial charge in [-0.05, 0) is 54.7 Å². The Labute approximate surface area is 185 Å². The summed E-state index contributed by atoms with van der Waals surface area (Å²) in [4.78, 5) is 28.3. The molecule has 1 heterocycles. The molecule has 1 aliphatic rings. The highest BCUT2D eigenvalue weighted by Gasteiger charge is 2.24. The third kappa shape index (κ3) is 4.80. The van der Waals surface area contributed by atoms with Crippen molar-refractivity contribution in [1.82, 2.24) is 10.3 Å². The van der Waals surface area contributed by atoms with Crippen molar-refractivity contribution in [3.63, 3.8) is 0 Å². The first kappa shape index (κ1) is 21.2. The number of rotatable bonds is 6. The van der Waals surface area contributed by atoms with Crippen LogP contribution in [0, 0.1) is 6.92 Å². The largest absolute Gasteiger partial charge is 0.495 e. The predicted molar refractivity (Wildman–Crippen MR) is 122 cm³/mol. The number of nitrogens with zero attached hydrogens (tertiary/aromatic N) is 1. The van der Waals surface area contributed by atoms with E-state index in [-0.39, 0.29) is 23.5 Å². The molecule has 0 radical (unpaired) electrons. The quantitative estimate of drug-likeness (QED) is 0.466. The van der Waals surface area contributed by atoms with Crippen LogP contribution in [0.3, 0.4) is 0 Å². The molecule has 32 heavy (non-hydrogen) atoms. The van der Waals surface area contributed by atoms with Gasteiger partial charge in [-0.3, -0.25) is 10.1 Å². The number of fused-ring (bicyclic) bond motifs is 1. The Balaban J connectivity index is 1.57. The van der Waals surface area contributed by atoms with E-state index in [1.165, 1.54) is 17.2 Å². The van der Waals surface area contributed by atoms with Gasteiger partial charge in [-0.25, -0.2) is 9.78 Å². The number of hydrogen-bond donors (Lipinski definition) is 4. The summed E-state index contributed by atoms with van der Waals surface area (Å²) in [6.45, 7) is 1.96. The zero-order chi connectivity index (χ0) is 22.7. The van der Waals surface area contributed by atoms with E-state index in [4.69, 9.17) is 9.84 Å². The summed E-state index contributed by atoms with van der Waals surface area (Å²) in [5.41, 5.74) is 4.78. The van der Waals surface area contributed by atoms with Crippen LogP contribution < -0.4 is 20.7 Å². The van der Waals surface area contributed by atoms with Gasteiger partial charge in [-0.1, -0.05) is 30.3 Å². The Morgan fingerprint density at radius 1 is 1.06 bits per heavy atom. The van der Waals surface area contributed by atoms with E-state index in [1.807, 2.05) is 37.3 Å². The normalized spacial score (nSPS) is 12.7. The van der Waals surface area contributed by atoms with Crippen LogP contribution in [0.25, 0.3) is 0 Å². The molecule has 0 atom stereocenters. The molecular formula is C24H24N4O4. The smallest absolute Gasteiger partial charge is 0.410 e. The number of ether oxygens (including phenoxy) is 1. The fourth-order valence-corrected chi connectivity index (χ4v) is 3.87. The molecule has 0 unspecified atom stereocenters. The molecule has 164 valence electrons. The highest BCUT2D eigenvalue weighted by molar-refractivity contribution is 5.95. The van der Waals surface area contributed by atoms with Crippen molar-refractivity contribution in [3.05, 3.63) is 77.0 Å². The van der Waals surface area contributed by atoms with Crippen LogP contribution >= 0.6 is 0 Å². The van der Waals surface area contributed by atoms with Crippen LogP contribution in [0.1, 0.15) is 27.2 Å². The molecule has 8 heteroatoms. The minimum atomic E-state index is -1.26. The van der Waals surface area contributed by atoms with Crippen molar-refractivity contribution < 1.29 is 19.4 Å². The third-order valence-electron chi connectivity index (χ3n) is 5.32. The molecule has 4 N–H and O–H groups in total. The average Bonchev–Trinajstić information content (AvgIpc) is 3.16. The Morgan fingerprint density at radius 2 is 1.78 bits per heavy atom. The molecule has 0 bridgehead atoms. The zero-order valence-electron chi connectivity index (χ0n) is 17.8. The Morgan fingerprint density at radius 3 is 2.44 bits per heavy atom. The first-order chi connectivity index (χ1) is 15.4. The van der Waals surface area contributed by atoms with E-state index in [0.717, 1.165) is 18.4 Å². The Bertz CT molecular complexity index is 1150. The molecule has 0 spiro atoms. The Kier molecular flexibility index (Phi) is 5.93. The molecule has 0 aliphatic heterocycles. The van der Waals surface area contributed by atoms with Crippen LogP contribution in [-0.4, -0.2) is 35.2 Å². The molecule has 4 rings (SSSR count).